The van der Waals surface area contributed by atoms with Crippen LogP contribution in [0.2, 0.25) is 0 Å². The van der Waals surface area contributed by atoms with Crippen LogP contribution in [-0.2, 0) is 11.3 Å². The molecule has 2 aromatic rings. The molecule has 1 aliphatic carbocycles. The van der Waals surface area contributed by atoms with Crippen molar-refractivity contribution < 1.29 is 14.3 Å². The molecule has 1 aliphatic heterocycles. The zero-order valence-corrected chi connectivity index (χ0v) is 16.3. The van der Waals surface area contributed by atoms with E-state index in [-0.39, 0.29) is 5.91 Å². The van der Waals surface area contributed by atoms with Crippen LogP contribution in [0.4, 0.5) is 0 Å². The molecule has 144 valence electrons. The van der Waals surface area contributed by atoms with E-state index in [0.29, 0.717) is 36.6 Å². The van der Waals surface area contributed by atoms with E-state index in [4.69, 9.17) is 9.47 Å². The topological polar surface area (TPSA) is 80.3 Å². The molecule has 27 heavy (non-hydrogen) atoms. The number of aromatic amines is 1. The van der Waals surface area contributed by atoms with Crippen LogP contribution >= 0.6 is 11.8 Å². The number of thioether (sulfide) groups is 1. The minimum Gasteiger partial charge on any atom is -0.486 e. The number of carbonyl (C=O) groups excluding carboxylic acids is 1. The summed E-state index contributed by atoms with van der Waals surface area (Å²) < 4.78 is 11.1. The number of carbonyl (C=O) groups is 1. The second kappa shape index (κ2) is 8.21. The van der Waals surface area contributed by atoms with Crippen LogP contribution in [-0.4, -0.2) is 52.0 Å². The standard InChI is InChI=1S/C19H24N4O3S/c1-23(11-13-6-7-15-16(10-13)26-9-8-25-15)17(24)12-27-19-20-18(21-22-19)14-4-2-3-5-14/h6-7,10,14H,2-5,8-9,11-12H2,1H3,(H,20,21,22). The summed E-state index contributed by atoms with van der Waals surface area (Å²) in [6, 6.07) is 5.80. The minimum atomic E-state index is 0.0436. The number of hydrogen-bond acceptors (Lipinski definition) is 6. The van der Waals surface area contributed by atoms with E-state index in [1.54, 1.807) is 4.90 Å². The zero-order chi connectivity index (χ0) is 18.6. The lowest BCUT2D eigenvalue weighted by Crippen LogP contribution is -2.28. The zero-order valence-electron chi connectivity index (χ0n) is 15.4. The molecule has 8 heteroatoms. The lowest BCUT2D eigenvalue weighted by Gasteiger charge is -2.21. The molecule has 0 saturated heterocycles. The first-order valence-electron chi connectivity index (χ1n) is 9.36. The number of fused-ring (bicyclic) bond motifs is 1. The second-order valence-corrected chi connectivity index (χ2v) is 7.94. The predicted octanol–water partition coefficient (Wildman–Crippen LogP) is 2.98. The first-order chi connectivity index (χ1) is 13.2. The highest BCUT2D eigenvalue weighted by Gasteiger charge is 2.21. The van der Waals surface area contributed by atoms with E-state index in [0.717, 1.165) is 22.9 Å². The second-order valence-electron chi connectivity index (χ2n) is 7.00. The fourth-order valence-corrected chi connectivity index (χ4v) is 4.24. The van der Waals surface area contributed by atoms with Crippen molar-refractivity contribution in [2.75, 3.05) is 26.0 Å². The van der Waals surface area contributed by atoms with Gasteiger partial charge in [-0.15, -0.1) is 5.10 Å². The van der Waals surface area contributed by atoms with Crippen LogP contribution in [0.15, 0.2) is 23.4 Å². The quantitative estimate of drug-likeness (QED) is 0.767. The van der Waals surface area contributed by atoms with Gasteiger partial charge in [-0.3, -0.25) is 9.89 Å². The van der Waals surface area contributed by atoms with Gasteiger partial charge in [0.15, 0.2) is 11.5 Å². The molecule has 0 radical (unpaired) electrons. The summed E-state index contributed by atoms with van der Waals surface area (Å²) in [5.41, 5.74) is 1.02. The van der Waals surface area contributed by atoms with Gasteiger partial charge in [-0.05, 0) is 30.5 Å². The van der Waals surface area contributed by atoms with Gasteiger partial charge in [0.25, 0.3) is 0 Å². The number of hydrogen-bond donors (Lipinski definition) is 1. The van der Waals surface area contributed by atoms with Crippen LogP contribution in [0, 0.1) is 0 Å². The molecule has 2 aliphatic rings. The van der Waals surface area contributed by atoms with Gasteiger partial charge in [0, 0.05) is 19.5 Å². The number of nitrogens with one attached hydrogen (secondary N) is 1. The summed E-state index contributed by atoms with van der Waals surface area (Å²) in [6.07, 6.45) is 4.88. The normalized spacial score (nSPS) is 16.5. The fraction of sp³-hybridized carbons (Fsp3) is 0.526. The molecule has 4 rings (SSSR count). The summed E-state index contributed by atoms with van der Waals surface area (Å²) in [4.78, 5) is 18.7. The Hall–Kier alpha value is -2.22. The Morgan fingerprint density at radius 1 is 1.26 bits per heavy atom. The number of aromatic nitrogens is 3. The van der Waals surface area contributed by atoms with Crippen molar-refractivity contribution >= 4 is 17.7 Å². The van der Waals surface area contributed by atoms with Crippen LogP contribution in [0.3, 0.4) is 0 Å². The molecule has 1 aromatic carbocycles. The van der Waals surface area contributed by atoms with Gasteiger partial charge in [0.1, 0.15) is 19.0 Å². The molecular formula is C19H24N4O3S. The fourth-order valence-electron chi connectivity index (χ4n) is 3.49. The average molecular weight is 388 g/mol. The van der Waals surface area contributed by atoms with Gasteiger partial charge in [0.05, 0.1) is 5.75 Å². The first kappa shape index (κ1) is 18.2. The molecule has 0 atom stereocenters. The maximum Gasteiger partial charge on any atom is 0.233 e. The van der Waals surface area contributed by atoms with Gasteiger partial charge in [0.2, 0.25) is 11.1 Å². The minimum absolute atomic E-state index is 0.0436. The predicted molar refractivity (Wildman–Crippen MR) is 102 cm³/mol. The molecule has 1 fully saturated rings. The van der Waals surface area contributed by atoms with E-state index in [1.807, 2.05) is 25.2 Å². The van der Waals surface area contributed by atoms with Crippen molar-refractivity contribution in [2.45, 2.75) is 43.3 Å². The van der Waals surface area contributed by atoms with Gasteiger partial charge >= 0.3 is 0 Å². The number of rotatable bonds is 6. The SMILES string of the molecule is CN(Cc1ccc2c(c1)OCCO2)C(=O)CSc1n[nH]c(C2CCCC2)n1. The van der Waals surface area contributed by atoms with Crippen molar-refractivity contribution in [3.05, 3.63) is 29.6 Å². The van der Waals surface area contributed by atoms with Crippen LogP contribution in [0.5, 0.6) is 11.5 Å². The summed E-state index contributed by atoms with van der Waals surface area (Å²) in [5.74, 6) is 3.34. The Kier molecular flexibility index (Phi) is 5.52. The largest absolute Gasteiger partial charge is 0.486 e. The Labute approximate surface area is 162 Å². The van der Waals surface area contributed by atoms with E-state index < -0.39 is 0 Å². The number of benzene rings is 1. The van der Waals surface area contributed by atoms with E-state index in [9.17, 15) is 4.79 Å². The number of amides is 1. The molecule has 7 nitrogen and oxygen atoms in total. The highest BCUT2D eigenvalue weighted by atomic mass is 32.2. The van der Waals surface area contributed by atoms with E-state index >= 15 is 0 Å². The lowest BCUT2D eigenvalue weighted by molar-refractivity contribution is -0.127. The van der Waals surface area contributed by atoms with Crippen molar-refractivity contribution in [2.24, 2.45) is 0 Å². The monoisotopic (exact) mass is 388 g/mol. The molecule has 0 spiro atoms. The molecule has 0 bridgehead atoms. The van der Waals surface area contributed by atoms with Crippen molar-refractivity contribution in [1.29, 1.82) is 0 Å². The lowest BCUT2D eigenvalue weighted by atomic mass is 10.1. The molecule has 1 N–H and O–H groups in total. The van der Waals surface area contributed by atoms with Crippen molar-refractivity contribution in [1.82, 2.24) is 20.1 Å². The van der Waals surface area contributed by atoms with Crippen LogP contribution < -0.4 is 9.47 Å². The molecule has 1 amide bonds. The Bertz CT molecular complexity index is 804. The molecular weight excluding hydrogens is 364 g/mol. The van der Waals surface area contributed by atoms with Gasteiger partial charge in [-0.25, -0.2) is 4.98 Å². The molecule has 1 aromatic heterocycles. The van der Waals surface area contributed by atoms with Crippen molar-refractivity contribution in [3.8, 4) is 11.5 Å². The number of nitrogens with zero attached hydrogens (tertiary/aromatic N) is 3. The maximum absolute atomic E-state index is 12.5. The Balaban J connectivity index is 1.29. The Morgan fingerprint density at radius 2 is 2.04 bits per heavy atom. The molecule has 0 unspecified atom stereocenters. The first-order valence-corrected chi connectivity index (χ1v) is 10.3. The van der Waals surface area contributed by atoms with E-state index in [1.165, 1.54) is 37.4 Å². The maximum atomic E-state index is 12.5. The van der Waals surface area contributed by atoms with Gasteiger partial charge in [-0.2, -0.15) is 0 Å². The third-order valence-electron chi connectivity index (χ3n) is 5.00. The van der Waals surface area contributed by atoms with Crippen molar-refractivity contribution in [3.63, 3.8) is 0 Å². The highest BCUT2D eigenvalue weighted by Crippen LogP contribution is 2.33. The average Bonchev–Trinajstić information content (AvgIpc) is 3.37. The van der Waals surface area contributed by atoms with Gasteiger partial charge in [-0.1, -0.05) is 30.7 Å². The van der Waals surface area contributed by atoms with Gasteiger partial charge < -0.3 is 14.4 Å². The van der Waals surface area contributed by atoms with Crippen LogP contribution in [0.25, 0.3) is 0 Å². The summed E-state index contributed by atoms with van der Waals surface area (Å²) in [7, 11) is 1.81. The molecule has 2 heterocycles. The Morgan fingerprint density at radius 3 is 2.85 bits per heavy atom. The highest BCUT2D eigenvalue weighted by molar-refractivity contribution is 7.99. The van der Waals surface area contributed by atoms with Crippen LogP contribution in [0.1, 0.15) is 43.0 Å². The summed E-state index contributed by atoms with van der Waals surface area (Å²) >= 11 is 1.38. The molecule has 1 saturated carbocycles. The smallest absolute Gasteiger partial charge is 0.233 e. The number of H-pyrrole nitrogens is 1. The summed E-state index contributed by atoms with van der Waals surface area (Å²) in [5, 5.41) is 7.94. The summed E-state index contributed by atoms with van der Waals surface area (Å²) in [6.45, 7) is 1.66. The van der Waals surface area contributed by atoms with E-state index in [2.05, 4.69) is 15.2 Å². The number of ether oxygens (including phenoxy) is 2. The third-order valence-corrected chi connectivity index (χ3v) is 5.83. The third kappa shape index (κ3) is 4.37.